The van der Waals surface area contributed by atoms with Crippen LogP contribution in [0.4, 0.5) is 0 Å². The van der Waals surface area contributed by atoms with Gasteiger partial charge in [-0.3, -0.25) is 0 Å². The van der Waals surface area contributed by atoms with Gasteiger partial charge in [-0.1, -0.05) is 47.7 Å². The predicted octanol–water partition coefficient (Wildman–Crippen LogP) is 4.80. The van der Waals surface area contributed by atoms with Crippen molar-refractivity contribution in [2.75, 3.05) is 0 Å². The van der Waals surface area contributed by atoms with Crippen molar-refractivity contribution >= 4 is 38.9 Å². The molecule has 0 aliphatic heterocycles. The molecule has 0 radical (unpaired) electrons. The van der Waals surface area contributed by atoms with Crippen LogP contribution < -0.4 is 9.68 Å². The van der Waals surface area contributed by atoms with E-state index in [1.807, 2.05) is 35.7 Å². The molecule has 24 heavy (non-hydrogen) atoms. The fourth-order valence-corrected chi connectivity index (χ4v) is 3.72. The summed E-state index contributed by atoms with van der Waals surface area (Å²) in [6.07, 6.45) is 0. The number of hydrogen-bond donors (Lipinski definition) is 0. The minimum absolute atomic E-state index is 0.385. The van der Waals surface area contributed by atoms with Crippen LogP contribution in [0.25, 0.3) is 21.4 Å². The van der Waals surface area contributed by atoms with Gasteiger partial charge < -0.3 is 9.15 Å². The number of esters is 1. The minimum atomic E-state index is -0.417. The maximum absolute atomic E-state index is 12.2. The molecule has 0 saturated heterocycles. The summed E-state index contributed by atoms with van der Waals surface area (Å²) in [4.78, 5) is 23.9. The van der Waals surface area contributed by atoms with Crippen molar-refractivity contribution in [3.8, 4) is 16.9 Å². The first-order valence-corrected chi connectivity index (χ1v) is 8.79. The Morgan fingerprint density at radius 3 is 2.62 bits per heavy atom. The molecule has 118 valence electrons. The molecule has 0 atom stereocenters. The zero-order chi connectivity index (χ0) is 16.5. The first kappa shape index (κ1) is 14.9. The van der Waals surface area contributed by atoms with Crippen LogP contribution in [-0.4, -0.2) is 5.97 Å². The number of carbonyl (C=O) groups is 1. The number of benzene rings is 2. The van der Waals surface area contributed by atoms with Crippen molar-refractivity contribution in [3.63, 3.8) is 0 Å². The summed E-state index contributed by atoms with van der Waals surface area (Å²) in [7, 11) is 0. The van der Waals surface area contributed by atoms with Crippen LogP contribution in [0, 0.1) is 0 Å². The van der Waals surface area contributed by atoms with Crippen molar-refractivity contribution in [2.24, 2.45) is 0 Å². The number of ether oxygens (including phenoxy) is 1. The standard InChI is InChI=1S/C18H10O4S2/c19-17(14-7-4-8-23-14)21-12-9-13(11-5-2-1-3-6-11)16-15(10-12)24-18(20)22-16/h1-10H. The van der Waals surface area contributed by atoms with E-state index < -0.39 is 5.97 Å². The SMILES string of the molecule is O=C(Oc1cc(-c2ccccc2)c2oc(=O)sc2c1)c1cccs1. The smallest absolute Gasteiger partial charge is 0.396 e. The van der Waals surface area contributed by atoms with E-state index in [1.165, 1.54) is 11.3 Å². The van der Waals surface area contributed by atoms with Crippen LogP contribution in [0.5, 0.6) is 5.75 Å². The summed E-state index contributed by atoms with van der Waals surface area (Å²) in [6, 6.07) is 16.4. The highest BCUT2D eigenvalue weighted by Crippen LogP contribution is 2.34. The van der Waals surface area contributed by atoms with E-state index in [1.54, 1.807) is 24.3 Å². The van der Waals surface area contributed by atoms with E-state index in [2.05, 4.69) is 0 Å². The number of thiophene rings is 1. The Labute approximate surface area is 144 Å². The summed E-state index contributed by atoms with van der Waals surface area (Å²) >= 11 is 2.31. The molecule has 6 heteroatoms. The average Bonchev–Trinajstić information content (AvgIpc) is 3.23. The van der Waals surface area contributed by atoms with E-state index in [0.29, 0.717) is 20.9 Å². The molecular weight excluding hydrogens is 344 g/mol. The van der Waals surface area contributed by atoms with Gasteiger partial charge in [0.25, 0.3) is 0 Å². The van der Waals surface area contributed by atoms with E-state index in [0.717, 1.165) is 22.5 Å². The van der Waals surface area contributed by atoms with Crippen molar-refractivity contribution in [2.45, 2.75) is 0 Å². The molecule has 0 spiro atoms. The minimum Gasteiger partial charge on any atom is -0.422 e. The summed E-state index contributed by atoms with van der Waals surface area (Å²) in [6.45, 7) is 0. The summed E-state index contributed by atoms with van der Waals surface area (Å²) < 4.78 is 11.4. The molecule has 4 nitrogen and oxygen atoms in total. The lowest BCUT2D eigenvalue weighted by Gasteiger charge is -2.07. The maximum Gasteiger partial charge on any atom is 0.396 e. The zero-order valence-electron chi connectivity index (χ0n) is 12.2. The van der Waals surface area contributed by atoms with Crippen LogP contribution in [0.2, 0.25) is 0 Å². The van der Waals surface area contributed by atoms with Gasteiger partial charge in [0.2, 0.25) is 0 Å². The molecular formula is C18H10O4S2. The lowest BCUT2D eigenvalue weighted by Crippen LogP contribution is -2.06. The predicted molar refractivity (Wildman–Crippen MR) is 95.1 cm³/mol. The molecule has 0 saturated carbocycles. The van der Waals surface area contributed by atoms with E-state index >= 15 is 0 Å². The summed E-state index contributed by atoms with van der Waals surface area (Å²) in [5.74, 6) is -0.0315. The van der Waals surface area contributed by atoms with Gasteiger partial charge in [-0.05, 0) is 23.1 Å². The molecule has 0 unspecified atom stereocenters. The Bertz CT molecular complexity index is 1060. The maximum atomic E-state index is 12.2. The van der Waals surface area contributed by atoms with E-state index in [9.17, 15) is 9.59 Å². The van der Waals surface area contributed by atoms with E-state index in [-0.39, 0.29) is 4.94 Å². The second-order valence-corrected chi connectivity index (χ2v) is 6.91. The lowest BCUT2D eigenvalue weighted by molar-refractivity contribution is 0.0740. The van der Waals surface area contributed by atoms with Crippen molar-refractivity contribution < 1.29 is 13.9 Å². The number of rotatable bonds is 3. The molecule has 2 heterocycles. The molecule has 0 aliphatic carbocycles. The highest BCUT2D eigenvalue weighted by molar-refractivity contribution is 7.16. The van der Waals surface area contributed by atoms with Crippen molar-refractivity contribution in [1.29, 1.82) is 0 Å². The fourth-order valence-electron chi connectivity index (χ4n) is 2.40. The van der Waals surface area contributed by atoms with Gasteiger partial charge in [0, 0.05) is 11.6 Å². The first-order chi connectivity index (χ1) is 11.7. The van der Waals surface area contributed by atoms with Crippen LogP contribution in [0.15, 0.2) is 69.2 Å². The van der Waals surface area contributed by atoms with Crippen LogP contribution >= 0.6 is 22.7 Å². The molecule has 0 bridgehead atoms. The van der Waals surface area contributed by atoms with Gasteiger partial charge in [0.05, 0.1) is 4.70 Å². The zero-order valence-corrected chi connectivity index (χ0v) is 13.9. The van der Waals surface area contributed by atoms with Gasteiger partial charge in [-0.25, -0.2) is 9.59 Å². The Morgan fingerprint density at radius 1 is 1.04 bits per heavy atom. The first-order valence-electron chi connectivity index (χ1n) is 7.09. The second-order valence-electron chi connectivity index (χ2n) is 4.99. The van der Waals surface area contributed by atoms with Crippen LogP contribution in [-0.2, 0) is 0 Å². The highest BCUT2D eigenvalue weighted by Gasteiger charge is 2.15. The Balaban J connectivity index is 1.82. The van der Waals surface area contributed by atoms with Crippen molar-refractivity contribution in [1.82, 2.24) is 0 Å². The van der Waals surface area contributed by atoms with Gasteiger partial charge >= 0.3 is 10.9 Å². The normalized spacial score (nSPS) is 10.8. The topological polar surface area (TPSA) is 56.5 Å². The number of hydrogen-bond acceptors (Lipinski definition) is 6. The molecule has 0 aliphatic rings. The third kappa shape index (κ3) is 2.77. The van der Waals surface area contributed by atoms with E-state index in [4.69, 9.17) is 9.15 Å². The molecule has 0 fully saturated rings. The molecule has 4 aromatic rings. The Kier molecular flexibility index (Phi) is 3.76. The molecule has 2 aromatic heterocycles. The van der Waals surface area contributed by atoms with Gasteiger partial charge in [0.15, 0.2) is 5.58 Å². The average molecular weight is 354 g/mol. The summed E-state index contributed by atoms with van der Waals surface area (Å²) in [5.41, 5.74) is 2.12. The Hall–Kier alpha value is -2.70. The molecule has 0 amide bonds. The Morgan fingerprint density at radius 2 is 1.88 bits per heavy atom. The summed E-state index contributed by atoms with van der Waals surface area (Å²) in [5, 5.41) is 1.82. The third-order valence-electron chi connectivity index (χ3n) is 3.42. The van der Waals surface area contributed by atoms with Gasteiger partial charge in [0.1, 0.15) is 10.6 Å². The van der Waals surface area contributed by atoms with Crippen LogP contribution in [0.1, 0.15) is 9.67 Å². The number of fused-ring (bicyclic) bond motifs is 1. The molecule has 2 aromatic carbocycles. The monoisotopic (exact) mass is 354 g/mol. The van der Waals surface area contributed by atoms with Gasteiger partial charge in [-0.2, -0.15) is 0 Å². The second kappa shape index (κ2) is 6.07. The lowest BCUT2D eigenvalue weighted by atomic mass is 10.0. The third-order valence-corrected chi connectivity index (χ3v) is 5.05. The fraction of sp³-hybridized carbons (Fsp3) is 0. The molecule has 4 rings (SSSR count). The van der Waals surface area contributed by atoms with Crippen LogP contribution in [0.3, 0.4) is 0 Å². The quantitative estimate of drug-likeness (QED) is 0.392. The number of carbonyl (C=O) groups excluding carboxylic acids is 1. The largest absolute Gasteiger partial charge is 0.422 e. The highest BCUT2D eigenvalue weighted by atomic mass is 32.1. The van der Waals surface area contributed by atoms with Gasteiger partial charge in [-0.15, -0.1) is 11.3 Å². The molecule has 0 N–H and O–H groups in total. The van der Waals surface area contributed by atoms with Crippen molar-refractivity contribution in [3.05, 3.63) is 74.6 Å².